The monoisotopic (exact) mass is 185 g/mol. The minimum atomic E-state index is 1.11. The molecule has 1 nitrogen and oxygen atoms in total. The van der Waals surface area contributed by atoms with Crippen LogP contribution in [0.1, 0.15) is 24.5 Å². The molecule has 1 aromatic heterocycles. The summed E-state index contributed by atoms with van der Waals surface area (Å²) in [5.41, 5.74) is 3.95. The van der Waals surface area contributed by atoms with E-state index in [0.717, 1.165) is 11.9 Å². The zero-order valence-corrected chi connectivity index (χ0v) is 8.75. The van der Waals surface area contributed by atoms with Gasteiger partial charge in [-0.1, -0.05) is 25.5 Å². The topological polar surface area (TPSA) is 12.9 Å². The molecule has 0 unspecified atom stereocenters. The van der Waals surface area contributed by atoms with Crippen molar-refractivity contribution in [3.05, 3.63) is 41.6 Å². The van der Waals surface area contributed by atoms with Gasteiger partial charge in [-0.25, -0.2) is 0 Å². The quantitative estimate of drug-likeness (QED) is 0.697. The predicted octanol–water partition coefficient (Wildman–Crippen LogP) is 3.50. The molecule has 14 heavy (non-hydrogen) atoms. The third kappa shape index (κ3) is 1.50. The lowest BCUT2D eigenvalue weighted by atomic mass is 9.99. The Labute approximate surface area is 84.8 Å². The summed E-state index contributed by atoms with van der Waals surface area (Å²) < 4.78 is 0. The number of aromatic nitrogens is 1. The van der Waals surface area contributed by atoms with Crippen molar-refractivity contribution in [2.75, 3.05) is 0 Å². The fourth-order valence-corrected chi connectivity index (χ4v) is 1.90. The zero-order chi connectivity index (χ0) is 9.97. The highest BCUT2D eigenvalue weighted by atomic mass is 14.6. The van der Waals surface area contributed by atoms with Crippen molar-refractivity contribution in [1.82, 2.24) is 4.98 Å². The Hall–Kier alpha value is -1.37. The van der Waals surface area contributed by atoms with E-state index < -0.39 is 0 Å². The van der Waals surface area contributed by atoms with Gasteiger partial charge in [0.05, 0.1) is 5.52 Å². The highest BCUT2D eigenvalue weighted by Gasteiger charge is 2.03. The van der Waals surface area contributed by atoms with E-state index in [9.17, 15) is 0 Å². The third-order valence-electron chi connectivity index (χ3n) is 2.63. The molecule has 0 amide bonds. The standard InChI is InChI=1S/C13H15N/c1-3-5-11-10(2)7-8-13-12(11)6-4-9-14-13/h4,6-9H,3,5H2,1-2H3. The van der Waals surface area contributed by atoms with Crippen molar-refractivity contribution < 1.29 is 0 Å². The summed E-state index contributed by atoms with van der Waals surface area (Å²) in [5.74, 6) is 0. The molecule has 2 aromatic rings. The molecule has 0 radical (unpaired) electrons. The molecule has 0 aliphatic carbocycles. The molecule has 0 aliphatic heterocycles. The van der Waals surface area contributed by atoms with Crippen molar-refractivity contribution in [2.45, 2.75) is 26.7 Å². The summed E-state index contributed by atoms with van der Waals surface area (Å²) in [4.78, 5) is 4.37. The summed E-state index contributed by atoms with van der Waals surface area (Å²) in [7, 11) is 0. The molecular formula is C13H15N. The molecule has 0 N–H and O–H groups in total. The van der Waals surface area contributed by atoms with Gasteiger partial charge in [0.25, 0.3) is 0 Å². The van der Waals surface area contributed by atoms with Crippen LogP contribution < -0.4 is 0 Å². The van der Waals surface area contributed by atoms with Gasteiger partial charge in [-0.15, -0.1) is 0 Å². The van der Waals surface area contributed by atoms with Crippen LogP contribution in [-0.4, -0.2) is 4.98 Å². The predicted molar refractivity (Wildman–Crippen MR) is 60.5 cm³/mol. The Morgan fingerprint density at radius 2 is 2.07 bits per heavy atom. The number of benzene rings is 1. The molecule has 0 aliphatic rings. The lowest BCUT2D eigenvalue weighted by Gasteiger charge is -2.08. The Bertz CT molecular complexity index is 446. The fraction of sp³-hybridized carbons (Fsp3) is 0.308. The fourth-order valence-electron chi connectivity index (χ4n) is 1.90. The van der Waals surface area contributed by atoms with E-state index in [1.807, 2.05) is 12.3 Å². The molecule has 1 heterocycles. The van der Waals surface area contributed by atoms with Gasteiger partial charge in [0, 0.05) is 11.6 Å². The number of nitrogens with zero attached hydrogens (tertiary/aromatic N) is 1. The molecule has 1 aromatic carbocycles. The van der Waals surface area contributed by atoms with Crippen molar-refractivity contribution >= 4 is 10.9 Å². The molecule has 0 saturated carbocycles. The number of hydrogen-bond donors (Lipinski definition) is 0. The second-order valence-electron chi connectivity index (χ2n) is 3.68. The third-order valence-corrected chi connectivity index (χ3v) is 2.63. The van der Waals surface area contributed by atoms with Crippen LogP contribution >= 0.6 is 0 Å². The molecular weight excluding hydrogens is 170 g/mol. The number of rotatable bonds is 2. The van der Waals surface area contributed by atoms with Gasteiger partial charge in [-0.3, -0.25) is 4.98 Å². The van der Waals surface area contributed by atoms with E-state index in [1.165, 1.54) is 22.9 Å². The maximum atomic E-state index is 4.37. The van der Waals surface area contributed by atoms with Gasteiger partial charge in [-0.2, -0.15) is 0 Å². The van der Waals surface area contributed by atoms with Gasteiger partial charge >= 0.3 is 0 Å². The molecule has 2 rings (SSSR count). The first-order valence-electron chi connectivity index (χ1n) is 5.16. The highest BCUT2D eigenvalue weighted by Crippen LogP contribution is 2.21. The smallest absolute Gasteiger partial charge is 0.0704 e. The lowest BCUT2D eigenvalue weighted by molar-refractivity contribution is 0.920. The van der Waals surface area contributed by atoms with Crippen molar-refractivity contribution in [3.8, 4) is 0 Å². The molecule has 1 heteroatoms. The average Bonchev–Trinajstić information content (AvgIpc) is 2.23. The minimum absolute atomic E-state index is 1.11. The van der Waals surface area contributed by atoms with Gasteiger partial charge in [0.1, 0.15) is 0 Å². The van der Waals surface area contributed by atoms with Crippen LogP contribution in [0.15, 0.2) is 30.5 Å². The van der Waals surface area contributed by atoms with E-state index >= 15 is 0 Å². The van der Waals surface area contributed by atoms with Crippen LogP contribution in [-0.2, 0) is 6.42 Å². The summed E-state index contributed by atoms with van der Waals surface area (Å²) >= 11 is 0. The van der Waals surface area contributed by atoms with E-state index in [0.29, 0.717) is 0 Å². The highest BCUT2D eigenvalue weighted by molar-refractivity contribution is 5.83. The van der Waals surface area contributed by atoms with E-state index in [2.05, 4.69) is 37.0 Å². The summed E-state index contributed by atoms with van der Waals surface area (Å²) in [5, 5.41) is 1.31. The average molecular weight is 185 g/mol. The normalized spacial score (nSPS) is 10.7. The molecule has 0 fully saturated rings. The summed E-state index contributed by atoms with van der Waals surface area (Å²) in [6.45, 7) is 4.39. The van der Waals surface area contributed by atoms with Crippen molar-refractivity contribution in [1.29, 1.82) is 0 Å². The number of pyridine rings is 1. The van der Waals surface area contributed by atoms with Crippen molar-refractivity contribution in [3.63, 3.8) is 0 Å². The maximum Gasteiger partial charge on any atom is 0.0704 e. The van der Waals surface area contributed by atoms with Crippen molar-refractivity contribution in [2.24, 2.45) is 0 Å². The van der Waals surface area contributed by atoms with Gasteiger partial charge < -0.3 is 0 Å². The Kier molecular flexibility index (Phi) is 2.49. The van der Waals surface area contributed by atoms with Crippen LogP contribution in [0.2, 0.25) is 0 Å². The minimum Gasteiger partial charge on any atom is -0.256 e. The van der Waals surface area contributed by atoms with Crippen LogP contribution in [0, 0.1) is 6.92 Å². The number of fused-ring (bicyclic) bond motifs is 1. The SMILES string of the molecule is CCCc1c(C)ccc2ncccc12. The second-order valence-corrected chi connectivity index (χ2v) is 3.68. The second kappa shape index (κ2) is 3.79. The number of aryl methyl sites for hydroxylation is 2. The van der Waals surface area contributed by atoms with Crippen LogP contribution in [0.5, 0.6) is 0 Å². The molecule has 0 bridgehead atoms. The summed E-state index contributed by atoms with van der Waals surface area (Å²) in [6, 6.07) is 8.45. The Morgan fingerprint density at radius 3 is 2.86 bits per heavy atom. The van der Waals surface area contributed by atoms with Gasteiger partial charge in [-0.05, 0) is 36.6 Å². The van der Waals surface area contributed by atoms with E-state index in [1.54, 1.807) is 0 Å². The Balaban J connectivity index is 2.69. The molecule has 0 saturated heterocycles. The first kappa shape index (κ1) is 9.20. The zero-order valence-electron chi connectivity index (χ0n) is 8.75. The summed E-state index contributed by atoms with van der Waals surface area (Å²) in [6.07, 6.45) is 4.19. The molecule has 0 spiro atoms. The van der Waals surface area contributed by atoms with Gasteiger partial charge in [0.2, 0.25) is 0 Å². The lowest BCUT2D eigenvalue weighted by Crippen LogP contribution is -1.91. The van der Waals surface area contributed by atoms with Crippen LogP contribution in [0.3, 0.4) is 0 Å². The van der Waals surface area contributed by atoms with E-state index in [4.69, 9.17) is 0 Å². The maximum absolute atomic E-state index is 4.37. The van der Waals surface area contributed by atoms with E-state index in [-0.39, 0.29) is 0 Å². The largest absolute Gasteiger partial charge is 0.256 e. The number of hydrogen-bond acceptors (Lipinski definition) is 1. The molecule has 72 valence electrons. The van der Waals surface area contributed by atoms with Crippen LogP contribution in [0.4, 0.5) is 0 Å². The first-order valence-corrected chi connectivity index (χ1v) is 5.16. The molecule has 0 atom stereocenters. The Morgan fingerprint density at radius 1 is 1.21 bits per heavy atom. The first-order chi connectivity index (χ1) is 6.83. The van der Waals surface area contributed by atoms with Gasteiger partial charge in [0.15, 0.2) is 0 Å². The van der Waals surface area contributed by atoms with Crippen LogP contribution in [0.25, 0.3) is 10.9 Å².